The molecule has 16 heavy (non-hydrogen) atoms. The highest BCUT2D eigenvalue weighted by molar-refractivity contribution is 5.18. The van der Waals surface area contributed by atoms with E-state index in [1.54, 1.807) is 0 Å². The van der Waals surface area contributed by atoms with Crippen molar-refractivity contribution in [2.24, 2.45) is 0 Å². The molecule has 0 aromatic heterocycles. The first kappa shape index (κ1) is 11.6. The summed E-state index contributed by atoms with van der Waals surface area (Å²) in [4.78, 5) is 2.58. The highest BCUT2D eigenvalue weighted by atomic mass is 15.1. The van der Waals surface area contributed by atoms with Crippen LogP contribution in [-0.4, -0.2) is 31.6 Å². The molecule has 0 saturated carbocycles. The molecule has 0 amide bonds. The van der Waals surface area contributed by atoms with Gasteiger partial charge in [-0.25, -0.2) is 0 Å². The van der Waals surface area contributed by atoms with Crippen LogP contribution in [0.5, 0.6) is 0 Å². The normalized spacial score (nSPS) is 18.8. The van der Waals surface area contributed by atoms with Crippen LogP contribution in [0.15, 0.2) is 30.3 Å². The lowest BCUT2D eigenvalue weighted by Gasteiger charge is -2.21. The van der Waals surface area contributed by atoms with Crippen LogP contribution >= 0.6 is 0 Å². The Hall–Kier alpha value is -0.860. The van der Waals surface area contributed by atoms with Gasteiger partial charge in [0.05, 0.1) is 0 Å². The van der Waals surface area contributed by atoms with Crippen LogP contribution < -0.4 is 5.32 Å². The summed E-state index contributed by atoms with van der Waals surface area (Å²) < 4.78 is 0. The highest BCUT2D eigenvalue weighted by Gasteiger charge is 2.14. The van der Waals surface area contributed by atoms with Gasteiger partial charge in [-0.05, 0) is 51.5 Å². The minimum atomic E-state index is 0.502. The number of benzene rings is 1. The van der Waals surface area contributed by atoms with Crippen LogP contribution in [-0.2, 0) is 0 Å². The van der Waals surface area contributed by atoms with Gasteiger partial charge in [-0.2, -0.15) is 0 Å². The molecule has 1 atom stereocenters. The number of hydrogen-bond acceptors (Lipinski definition) is 2. The lowest BCUT2D eigenvalue weighted by Crippen LogP contribution is -2.26. The second-order valence-corrected chi connectivity index (χ2v) is 4.59. The van der Waals surface area contributed by atoms with Gasteiger partial charge in [-0.15, -0.1) is 0 Å². The first-order valence-electron chi connectivity index (χ1n) is 6.34. The summed E-state index contributed by atoms with van der Waals surface area (Å²) >= 11 is 0. The Labute approximate surface area is 98.7 Å². The quantitative estimate of drug-likeness (QED) is 0.816. The minimum Gasteiger partial charge on any atom is -0.313 e. The summed E-state index contributed by atoms with van der Waals surface area (Å²) in [5, 5.41) is 3.42. The van der Waals surface area contributed by atoms with E-state index >= 15 is 0 Å². The maximum atomic E-state index is 3.42. The van der Waals surface area contributed by atoms with Crippen molar-refractivity contribution in [1.82, 2.24) is 10.2 Å². The summed E-state index contributed by atoms with van der Waals surface area (Å²) in [5.41, 5.74) is 1.41. The third-order valence-corrected chi connectivity index (χ3v) is 3.48. The van der Waals surface area contributed by atoms with Crippen molar-refractivity contribution < 1.29 is 0 Å². The molecule has 1 aliphatic rings. The molecule has 0 unspecified atom stereocenters. The number of likely N-dealkylation sites (tertiary alicyclic amines) is 1. The number of nitrogens with one attached hydrogen (secondary N) is 1. The fourth-order valence-corrected chi connectivity index (χ4v) is 2.48. The van der Waals surface area contributed by atoms with Gasteiger partial charge in [0.25, 0.3) is 0 Å². The monoisotopic (exact) mass is 218 g/mol. The molecule has 0 bridgehead atoms. The van der Waals surface area contributed by atoms with Crippen LogP contribution in [0.1, 0.15) is 30.9 Å². The SMILES string of the molecule is CN[C@H](CCN1CCCC1)c1ccccc1. The van der Waals surface area contributed by atoms with Crippen LogP contribution in [0, 0.1) is 0 Å². The van der Waals surface area contributed by atoms with Gasteiger partial charge < -0.3 is 10.2 Å². The molecule has 1 N–H and O–H groups in total. The van der Waals surface area contributed by atoms with Crippen molar-refractivity contribution in [3.05, 3.63) is 35.9 Å². The van der Waals surface area contributed by atoms with E-state index in [4.69, 9.17) is 0 Å². The first-order chi connectivity index (χ1) is 7.90. The molecule has 1 fully saturated rings. The van der Waals surface area contributed by atoms with E-state index in [2.05, 4.69) is 47.6 Å². The number of hydrogen-bond donors (Lipinski definition) is 1. The van der Waals surface area contributed by atoms with Gasteiger partial charge in [0.2, 0.25) is 0 Å². The smallest absolute Gasteiger partial charge is 0.0329 e. The van der Waals surface area contributed by atoms with Gasteiger partial charge in [0, 0.05) is 6.04 Å². The van der Waals surface area contributed by atoms with E-state index in [-0.39, 0.29) is 0 Å². The molecule has 0 radical (unpaired) electrons. The molecule has 1 heterocycles. The zero-order chi connectivity index (χ0) is 11.2. The van der Waals surface area contributed by atoms with Crippen molar-refractivity contribution in [3.8, 4) is 0 Å². The van der Waals surface area contributed by atoms with Crippen LogP contribution in [0.2, 0.25) is 0 Å². The molecular weight excluding hydrogens is 196 g/mol. The highest BCUT2D eigenvalue weighted by Crippen LogP contribution is 2.17. The Kier molecular flexibility index (Phi) is 4.37. The predicted octanol–water partition coefficient (Wildman–Crippen LogP) is 2.43. The fraction of sp³-hybridized carbons (Fsp3) is 0.571. The Morgan fingerprint density at radius 3 is 2.50 bits per heavy atom. The summed E-state index contributed by atoms with van der Waals surface area (Å²) in [6, 6.07) is 11.2. The molecular formula is C14H22N2. The summed E-state index contributed by atoms with van der Waals surface area (Å²) in [5.74, 6) is 0. The second-order valence-electron chi connectivity index (χ2n) is 4.59. The van der Waals surface area contributed by atoms with E-state index in [1.165, 1.54) is 44.5 Å². The Morgan fingerprint density at radius 2 is 1.88 bits per heavy atom. The molecule has 2 heteroatoms. The largest absolute Gasteiger partial charge is 0.313 e. The van der Waals surface area contributed by atoms with Crippen molar-refractivity contribution >= 4 is 0 Å². The van der Waals surface area contributed by atoms with Crippen LogP contribution in [0.25, 0.3) is 0 Å². The van der Waals surface area contributed by atoms with Crippen LogP contribution in [0.3, 0.4) is 0 Å². The van der Waals surface area contributed by atoms with Gasteiger partial charge in [-0.3, -0.25) is 0 Å². The Bertz CT molecular complexity index is 291. The standard InChI is InChI=1S/C14H22N2/c1-15-14(13-7-3-2-4-8-13)9-12-16-10-5-6-11-16/h2-4,7-8,14-15H,5-6,9-12H2,1H3/t14-/m1/s1. The zero-order valence-corrected chi connectivity index (χ0v) is 10.2. The Morgan fingerprint density at radius 1 is 1.19 bits per heavy atom. The second kappa shape index (κ2) is 6.02. The fourth-order valence-electron chi connectivity index (χ4n) is 2.48. The molecule has 0 spiro atoms. The third-order valence-electron chi connectivity index (χ3n) is 3.48. The molecule has 1 saturated heterocycles. The number of nitrogens with zero attached hydrogens (tertiary/aromatic N) is 1. The zero-order valence-electron chi connectivity index (χ0n) is 10.2. The maximum Gasteiger partial charge on any atom is 0.0329 e. The van der Waals surface area contributed by atoms with E-state index < -0.39 is 0 Å². The molecule has 0 aliphatic carbocycles. The van der Waals surface area contributed by atoms with Crippen LogP contribution in [0.4, 0.5) is 0 Å². The van der Waals surface area contributed by atoms with Gasteiger partial charge in [0.1, 0.15) is 0 Å². The third kappa shape index (κ3) is 3.06. The summed E-state index contributed by atoms with van der Waals surface area (Å²) in [7, 11) is 2.06. The van der Waals surface area contributed by atoms with Gasteiger partial charge in [0.15, 0.2) is 0 Å². The van der Waals surface area contributed by atoms with E-state index in [0.29, 0.717) is 6.04 Å². The number of rotatable bonds is 5. The molecule has 1 aliphatic heterocycles. The minimum absolute atomic E-state index is 0.502. The average molecular weight is 218 g/mol. The van der Waals surface area contributed by atoms with Crippen molar-refractivity contribution in [2.75, 3.05) is 26.7 Å². The molecule has 1 aromatic rings. The van der Waals surface area contributed by atoms with Gasteiger partial charge in [-0.1, -0.05) is 30.3 Å². The Balaban J connectivity index is 1.85. The van der Waals surface area contributed by atoms with Gasteiger partial charge >= 0.3 is 0 Å². The summed E-state index contributed by atoms with van der Waals surface area (Å²) in [6.45, 7) is 3.82. The lowest BCUT2D eigenvalue weighted by molar-refractivity contribution is 0.314. The molecule has 2 rings (SSSR count). The molecule has 1 aromatic carbocycles. The summed E-state index contributed by atoms with van der Waals surface area (Å²) in [6.07, 6.45) is 3.98. The first-order valence-corrected chi connectivity index (χ1v) is 6.34. The van der Waals surface area contributed by atoms with Crippen molar-refractivity contribution in [1.29, 1.82) is 0 Å². The van der Waals surface area contributed by atoms with E-state index in [9.17, 15) is 0 Å². The maximum absolute atomic E-state index is 3.42. The predicted molar refractivity (Wildman–Crippen MR) is 68.5 cm³/mol. The van der Waals surface area contributed by atoms with E-state index in [0.717, 1.165) is 0 Å². The lowest BCUT2D eigenvalue weighted by atomic mass is 10.0. The van der Waals surface area contributed by atoms with Crippen molar-refractivity contribution in [3.63, 3.8) is 0 Å². The van der Waals surface area contributed by atoms with E-state index in [1.807, 2.05) is 0 Å². The average Bonchev–Trinajstić information content (AvgIpc) is 2.84. The molecule has 88 valence electrons. The van der Waals surface area contributed by atoms with Crippen molar-refractivity contribution in [2.45, 2.75) is 25.3 Å². The molecule has 2 nitrogen and oxygen atoms in total. The topological polar surface area (TPSA) is 15.3 Å².